The molecule has 0 unspecified atom stereocenters. The molecule has 0 atom stereocenters. The van der Waals surface area contributed by atoms with Gasteiger partial charge in [0.05, 0.1) is 11.4 Å². The molecule has 4 rings (SSSR count). The van der Waals surface area contributed by atoms with E-state index >= 15 is 0 Å². The summed E-state index contributed by atoms with van der Waals surface area (Å²) in [7, 11) is 0. The van der Waals surface area contributed by atoms with E-state index in [0.717, 1.165) is 11.1 Å². The standard InChI is InChI=1S/C21H16Cl2N4O2S/c22-16-4-6-18(7-5-16)29-11-15-9-19(30-12-15)20(28)25-21-24-13-27(26-21)10-14-2-1-3-17(23)8-14/h1-9,12-13H,10-11H2,(H,25,26,28). The molecule has 0 fully saturated rings. The second-order valence-electron chi connectivity index (χ2n) is 6.41. The number of rotatable bonds is 7. The molecule has 1 amide bonds. The highest BCUT2D eigenvalue weighted by Gasteiger charge is 2.12. The number of halogens is 2. The molecule has 0 spiro atoms. The number of carbonyl (C=O) groups excluding carboxylic acids is 1. The lowest BCUT2D eigenvalue weighted by molar-refractivity contribution is 0.102. The predicted octanol–water partition coefficient (Wildman–Crippen LogP) is 5.53. The highest BCUT2D eigenvalue weighted by molar-refractivity contribution is 7.12. The Morgan fingerprint density at radius 2 is 1.90 bits per heavy atom. The summed E-state index contributed by atoms with van der Waals surface area (Å²) >= 11 is 13.2. The van der Waals surface area contributed by atoms with E-state index in [0.29, 0.717) is 33.8 Å². The van der Waals surface area contributed by atoms with Gasteiger partial charge in [0.2, 0.25) is 5.95 Å². The van der Waals surface area contributed by atoms with Crippen molar-refractivity contribution in [3.8, 4) is 5.75 Å². The molecule has 152 valence electrons. The Morgan fingerprint density at radius 3 is 2.70 bits per heavy atom. The minimum absolute atomic E-state index is 0.245. The first kappa shape index (κ1) is 20.4. The van der Waals surface area contributed by atoms with Crippen LogP contribution >= 0.6 is 34.5 Å². The van der Waals surface area contributed by atoms with Crippen molar-refractivity contribution in [1.29, 1.82) is 0 Å². The second-order valence-corrected chi connectivity index (χ2v) is 8.20. The van der Waals surface area contributed by atoms with E-state index in [1.165, 1.54) is 11.3 Å². The number of ether oxygens (including phenoxy) is 1. The number of nitrogens with zero attached hydrogens (tertiary/aromatic N) is 3. The van der Waals surface area contributed by atoms with Crippen LogP contribution in [0, 0.1) is 0 Å². The third kappa shape index (κ3) is 5.38. The van der Waals surface area contributed by atoms with Crippen molar-refractivity contribution in [3.05, 3.63) is 92.4 Å². The first-order chi connectivity index (χ1) is 14.5. The molecule has 0 bridgehead atoms. The van der Waals surface area contributed by atoms with Crippen LogP contribution in [0.2, 0.25) is 10.0 Å². The van der Waals surface area contributed by atoms with E-state index in [2.05, 4.69) is 15.4 Å². The van der Waals surface area contributed by atoms with Gasteiger partial charge in [0.1, 0.15) is 18.7 Å². The van der Waals surface area contributed by atoms with Gasteiger partial charge in [-0.3, -0.25) is 10.1 Å². The zero-order chi connectivity index (χ0) is 20.9. The number of hydrogen-bond donors (Lipinski definition) is 1. The maximum atomic E-state index is 12.5. The van der Waals surface area contributed by atoms with Gasteiger partial charge in [-0.05, 0) is 53.4 Å². The number of carbonyl (C=O) groups is 1. The normalized spacial score (nSPS) is 10.7. The van der Waals surface area contributed by atoms with E-state index in [4.69, 9.17) is 27.9 Å². The van der Waals surface area contributed by atoms with E-state index in [1.54, 1.807) is 41.3 Å². The quantitative estimate of drug-likeness (QED) is 0.395. The van der Waals surface area contributed by atoms with Crippen LogP contribution in [0.25, 0.3) is 0 Å². The number of nitrogens with one attached hydrogen (secondary N) is 1. The third-order valence-electron chi connectivity index (χ3n) is 4.09. The fourth-order valence-corrected chi connectivity index (χ4v) is 3.81. The van der Waals surface area contributed by atoms with Gasteiger partial charge >= 0.3 is 0 Å². The molecule has 4 aromatic rings. The van der Waals surface area contributed by atoms with Gasteiger partial charge in [-0.15, -0.1) is 16.4 Å². The highest BCUT2D eigenvalue weighted by Crippen LogP contribution is 2.20. The number of anilines is 1. The molecule has 2 heterocycles. The summed E-state index contributed by atoms with van der Waals surface area (Å²) in [6.07, 6.45) is 1.57. The van der Waals surface area contributed by atoms with Gasteiger partial charge in [0, 0.05) is 15.6 Å². The number of aromatic nitrogens is 3. The van der Waals surface area contributed by atoms with Gasteiger partial charge in [0.25, 0.3) is 5.91 Å². The highest BCUT2D eigenvalue weighted by atomic mass is 35.5. The first-order valence-electron chi connectivity index (χ1n) is 8.96. The Morgan fingerprint density at radius 1 is 1.07 bits per heavy atom. The van der Waals surface area contributed by atoms with Gasteiger partial charge in [-0.25, -0.2) is 9.67 Å². The molecule has 0 saturated heterocycles. The smallest absolute Gasteiger partial charge is 0.268 e. The number of benzene rings is 2. The number of hydrogen-bond acceptors (Lipinski definition) is 5. The average molecular weight is 459 g/mol. The van der Waals surface area contributed by atoms with Crippen LogP contribution in [0.15, 0.2) is 66.3 Å². The molecule has 0 aliphatic carbocycles. The summed E-state index contributed by atoms with van der Waals surface area (Å²) < 4.78 is 7.35. The van der Waals surface area contributed by atoms with Crippen LogP contribution in [0.4, 0.5) is 5.95 Å². The molecule has 9 heteroatoms. The molecule has 6 nitrogen and oxygen atoms in total. The molecule has 2 aromatic heterocycles. The Kier molecular flexibility index (Phi) is 6.32. The molecule has 0 radical (unpaired) electrons. The summed E-state index contributed by atoms with van der Waals surface area (Å²) in [5.74, 6) is 0.693. The van der Waals surface area contributed by atoms with E-state index in [-0.39, 0.29) is 11.9 Å². The lowest BCUT2D eigenvalue weighted by Crippen LogP contribution is -2.12. The minimum Gasteiger partial charge on any atom is -0.489 e. The summed E-state index contributed by atoms with van der Waals surface area (Å²) in [6.45, 7) is 0.868. The molecule has 30 heavy (non-hydrogen) atoms. The Labute approximate surface area is 187 Å². The van der Waals surface area contributed by atoms with Crippen LogP contribution in [0.1, 0.15) is 20.8 Å². The molecular weight excluding hydrogens is 443 g/mol. The molecule has 1 N–H and O–H groups in total. The van der Waals surface area contributed by atoms with Crippen LogP contribution in [-0.2, 0) is 13.2 Å². The maximum Gasteiger partial charge on any atom is 0.268 e. The second kappa shape index (κ2) is 9.30. The van der Waals surface area contributed by atoms with Crippen molar-refractivity contribution in [2.75, 3.05) is 5.32 Å². The Bertz CT molecular complexity index is 1160. The lowest BCUT2D eigenvalue weighted by atomic mass is 10.2. The molecule has 0 aliphatic heterocycles. The van der Waals surface area contributed by atoms with Crippen LogP contribution in [0.3, 0.4) is 0 Å². The zero-order valence-corrected chi connectivity index (χ0v) is 17.9. The summed E-state index contributed by atoms with van der Waals surface area (Å²) in [5, 5.41) is 10.2. The molecule has 0 saturated carbocycles. The topological polar surface area (TPSA) is 69.0 Å². The summed E-state index contributed by atoms with van der Waals surface area (Å²) in [6, 6.07) is 16.4. The molecule has 2 aromatic carbocycles. The fraction of sp³-hybridized carbons (Fsp3) is 0.0952. The van der Waals surface area contributed by atoms with Crippen LogP contribution in [-0.4, -0.2) is 20.7 Å². The van der Waals surface area contributed by atoms with Crippen molar-refractivity contribution in [3.63, 3.8) is 0 Å². The van der Waals surface area contributed by atoms with Gasteiger partial charge in [-0.1, -0.05) is 35.3 Å². The fourth-order valence-electron chi connectivity index (χ4n) is 2.68. The first-order valence-corrected chi connectivity index (χ1v) is 10.6. The third-order valence-corrected chi connectivity index (χ3v) is 5.56. The molecule has 0 aliphatic rings. The van der Waals surface area contributed by atoms with E-state index in [1.807, 2.05) is 29.6 Å². The summed E-state index contributed by atoms with van der Waals surface area (Å²) in [4.78, 5) is 17.2. The van der Waals surface area contributed by atoms with Crippen LogP contribution < -0.4 is 10.1 Å². The average Bonchev–Trinajstić information content (AvgIpc) is 3.37. The van der Waals surface area contributed by atoms with Gasteiger partial charge in [0.15, 0.2) is 0 Å². The summed E-state index contributed by atoms with van der Waals surface area (Å²) in [5.41, 5.74) is 1.90. The SMILES string of the molecule is O=C(Nc1ncn(Cc2cccc(Cl)c2)n1)c1cc(COc2ccc(Cl)cc2)cs1. The monoisotopic (exact) mass is 458 g/mol. The van der Waals surface area contributed by atoms with Crippen molar-refractivity contribution >= 4 is 46.4 Å². The van der Waals surface area contributed by atoms with E-state index in [9.17, 15) is 4.79 Å². The Hall–Kier alpha value is -2.87. The lowest BCUT2D eigenvalue weighted by Gasteiger charge is -2.04. The van der Waals surface area contributed by atoms with E-state index < -0.39 is 0 Å². The molecular formula is C21H16Cl2N4O2S. The minimum atomic E-state index is -0.266. The van der Waals surface area contributed by atoms with Gasteiger partial charge < -0.3 is 4.74 Å². The maximum absolute atomic E-state index is 12.5. The van der Waals surface area contributed by atoms with Crippen molar-refractivity contribution in [2.45, 2.75) is 13.2 Å². The number of thiophene rings is 1. The number of amides is 1. The predicted molar refractivity (Wildman–Crippen MR) is 119 cm³/mol. The van der Waals surface area contributed by atoms with Crippen molar-refractivity contribution in [2.24, 2.45) is 0 Å². The van der Waals surface area contributed by atoms with Crippen molar-refractivity contribution in [1.82, 2.24) is 14.8 Å². The van der Waals surface area contributed by atoms with Crippen molar-refractivity contribution < 1.29 is 9.53 Å². The van der Waals surface area contributed by atoms with Gasteiger partial charge in [-0.2, -0.15) is 0 Å². The van der Waals surface area contributed by atoms with Crippen LogP contribution in [0.5, 0.6) is 5.75 Å². The Balaban J connectivity index is 1.33. The zero-order valence-electron chi connectivity index (χ0n) is 15.6. The largest absolute Gasteiger partial charge is 0.489 e.